The molecule has 2 aromatic carbocycles. The zero-order valence-corrected chi connectivity index (χ0v) is 9.50. The molecule has 86 valence electrons. The van der Waals surface area contributed by atoms with Gasteiger partial charge < -0.3 is 14.7 Å². The Hall–Kier alpha value is -1.78. The van der Waals surface area contributed by atoms with Gasteiger partial charge in [-0.3, -0.25) is 0 Å². The second kappa shape index (κ2) is 5.04. The lowest BCUT2D eigenvalue weighted by molar-refractivity contribution is 0.288. The van der Waals surface area contributed by atoms with Crippen LogP contribution in [0.3, 0.4) is 0 Å². The average Bonchev–Trinajstić information content (AvgIpc) is 2.30. The highest BCUT2D eigenvalue weighted by Crippen LogP contribution is 2.29. The van der Waals surface area contributed by atoms with Gasteiger partial charge in [-0.05, 0) is 18.6 Å². The van der Waals surface area contributed by atoms with E-state index in [0.717, 1.165) is 11.1 Å². The van der Waals surface area contributed by atoms with Crippen LogP contribution in [-0.4, -0.2) is 17.4 Å². The fourth-order valence-corrected chi connectivity index (χ4v) is 1.65. The summed E-state index contributed by atoms with van der Waals surface area (Å²) in [4.78, 5) is 0. The van der Waals surface area contributed by atoms with E-state index in [9.17, 15) is 0 Å². The number of hydrogen-bond donors (Lipinski definition) is 2. The Morgan fingerprint density at radius 3 is 2.24 bits per heavy atom. The summed E-state index contributed by atoms with van der Waals surface area (Å²) in [5, 5.41) is 17.7. The minimum absolute atomic E-state index is 0.450. The Balaban J connectivity index is 2.40. The van der Waals surface area contributed by atoms with E-state index in [1.807, 2.05) is 43.3 Å². The molecule has 0 aliphatic carbocycles. The van der Waals surface area contributed by atoms with Crippen molar-refractivity contribution in [2.75, 3.05) is 0 Å². The largest absolute Gasteiger partial charge is 0.707 e. The third-order valence-corrected chi connectivity index (χ3v) is 2.48. The summed E-state index contributed by atoms with van der Waals surface area (Å²) in [6, 6.07) is 15.2. The molecule has 0 bridgehead atoms. The first-order valence-electron chi connectivity index (χ1n) is 5.35. The summed E-state index contributed by atoms with van der Waals surface area (Å²) in [6.07, 6.45) is 0. The molecule has 2 rings (SSSR count). The van der Waals surface area contributed by atoms with Gasteiger partial charge in [0, 0.05) is 5.56 Å². The second-order valence-corrected chi connectivity index (χ2v) is 3.81. The van der Waals surface area contributed by atoms with Gasteiger partial charge in [-0.1, -0.05) is 48.0 Å². The zero-order valence-electron chi connectivity index (χ0n) is 9.50. The first kappa shape index (κ1) is 11.7. The molecule has 3 nitrogen and oxygen atoms in total. The van der Waals surface area contributed by atoms with Gasteiger partial charge in [-0.25, -0.2) is 0 Å². The average molecular weight is 228 g/mol. The van der Waals surface area contributed by atoms with Crippen LogP contribution in [0.25, 0.3) is 11.1 Å². The van der Waals surface area contributed by atoms with Gasteiger partial charge in [0.2, 0.25) is 0 Å². The predicted molar refractivity (Wildman–Crippen MR) is 67.4 cm³/mol. The maximum atomic E-state index is 8.85. The molecule has 0 spiro atoms. The molecule has 2 N–H and O–H groups in total. The Bertz CT molecular complexity index is 494. The lowest BCUT2D eigenvalue weighted by Crippen LogP contribution is -2.20. The first-order valence-corrected chi connectivity index (χ1v) is 5.35. The second-order valence-electron chi connectivity index (χ2n) is 3.81. The van der Waals surface area contributed by atoms with Crippen molar-refractivity contribution < 1.29 is 14.7 Å². The maximum absolute atomic E-state index is 8.85. The van der Waals surface area contributed by atoms with Crippen LogP contribution in [0.1, 0.15) is 5.56 Å². The summed E-state index contributed by atoms with van der Waals surface area (Å²) < 4.78 is 4.94. The summed E-state index contributed by atoms with van der Waals surface area (Å²) in [5.41, 5.74) is 2.99. The van der Waals surface area contributed by atoms with E-state index >= 15 is 0 Å². The van der Waals surface area contributed by atoms with E-state index in [4.69, 9.17) is 14.7 Å². The SMILES string of the molecule is Cc1ccc(-c2ccccc2OB(O)O)cc1. The molecule has 0 fully saturated rings. The van der Waals surface area contributed by atoms with Gasteiger partial charge in [-0.15, -0.1) is 0 Å². The smallest absolute Gasteiger partial charge is 0.512 e. The van der Waals surface area contributed by atoms with Crippen molar-refractivity contribution in [2.24, 2.45) is 0 Å². The third kappa shape index (κ3) is 2.87. The van der Waals surface area contributed by atoms with Gasteiger partial charge in [0.1, 0.15) is 5.75 Å². The number of hydrogen-bond acceptors (Lipinski definition) is 3. The normalized spacial score (nSPS) is 10.1. The van der Waals surface area contributed by atoms with Gasteiger partial charge in [0.05, 0.1) is 0 Å². The molecule has 0 heterocycles. The Morgan fingerprint density at radius 1 is 0.941 bits per heavy atom. The summed E-state index contributed by atoms with van der Waals surface area (Å²) in [6.45, 7) is 2.02. The molecule has 0 amide bonds. The molecule has 17 heavy (non-hydrogen) atoms. The van der Waals surface area contributed by atoms with Crippen LogP contribution in [0.5, 0.6) is 5.75 Å². The molecule has 0 aliphatic rings. The topological polar surface area (TPSA) is 49.7 Å². The molecular formula is C13H13BO3. The standard InChI is InChI=1S/C13H13BO3/c1-10-6-8-11(9-7-10)12-4-2-3-5-13(12)17-14(15)16/h2-9,15-16H,1H3. The van der Waals surface area contributed by atoms with Crippen molar-refractivity contribution in [2.45, 2.75) is 6.92 Å². The van der Waals surface area contributed by atoms with Crippen molar-refractivity contribution in [3.8, 4) is 16.9 Å². The Labute approximate surface area is 100 Å². The fraction of sp³-hybridized carbons (Fsp3) is 0.0769. The van der Waals surface area contributed by atoms with Crippen molar-refractivity contribution in [3.05, 3.63) is 54.1 Å². The minimum atomic E-state index is -1.80. The van der Waals surface area contributed by atoms with E-state index in [1.54, 1.807) is 12.1 Å². The quantitative estimate of drug-likeness (QED) is 0.790. The number of rotatable bonds is 3. The predicted octanol–water partition coefficient (Wildman–Crippen LogP) is 2.01. The maximum Gasteiger partial charge on any atom is 0.707 e. The van der Waals surface area contributed by atoms with Crippen molar-refractivity contribution in [3.63, 3.8) is 0 Å². The zero-order chi connectivity index (χ0) is 12.3. The van der Waals surface area contributed by atoms with Crippen LogP contribution < -0.4 is 4.65 Å². The lowest BCUT2D eigenvalue weighted by atomic mass is 10.0. The van der Waals surface area contributed by atoms with Gasteiger partial charge in [-0.2, -0.15) is 0 Å². The highest BCUT2D eigenvalue weighted by Gasteiger charge is 2.14. The van der Waals surface area contributed by atoms with E-state index in [-0.39, 0.29) is 0 Å². The van der Waals surface area contributed by atoms with Gasteiger partial charge in [0.25, 0.3) is 0 Å². The number of aryl methyl sites for hydroxylation is 1. The molecule has 0 saturated carbocycles. The van der Waals surface area contributed by atoms with Crippen molar-refractivity contribution in [1.29, 1.82) is 0 Å². The van der Waals surface area contributed by atoms with Gasteiger partial charge >= 0.3 is 7.32 Å². The van der Waals surface area contributed by atoms with Crippen molar-refractivity contribution in [1.82, 2.24) is 0 Å². The lowest BCUT2D eigenvalue weighted by Gasteiger charge is -2.11. The van der Waals surface area contributed by atoms with Crippen LogP contribution in [-0.2, 0) is 0 Å². The first-order chi connectivity index (χ1) is 8.16. The third-order valence-electron chi connectivity index (χ3n) is 2.48. The highest BCUT2D eigenvalue weighted by atomic mass is 16.6. The van der Waals surface area contributed by atoms with E-state index in [0.29, 0.717) is 5.75 Å². The monoisotopic (exact) mass is 228 g/mol. The fourth-order valence-electron chi connectivity index (χ4n) is 1.65. The Morgan fingerprint density at radius 2 is 1.59 bits per heavy atom. The summed E-state index contributed by atoms with van der Waals surface area (Å²) >= 11 is 0. The number of benzene rings is 2. The molecule has 0 aliphatic heterocycles. The summed E-state index contributed by atoms with van der Waals surface area (Å²) in [7, 11) is -1.80. The van der Waals surface area contributed by atoms with Gasteiger partial charge in [0.15, 0.2) is 0 Å². The van der Waals surface area contributed by atoms with Crippen LogP contribution in [0.2, 0.25) is 0 Å². The van der Waals surface area contributed by atoms with Crippen LogP contribution in [0.15, 0.2) is 48.5 Å². The minimum Gasteiger partial charge on any atom is -0.512 e. The molecule has 0 aromatic heterocycles. The molecule has 4 heteroatoms. The van der Waals surface area contributed by atoms with Crippen LogP contribution >= 0.6 is 0 Å². The molecule has 0 atom stereocenters. The Kier molecular flexibility index (Phi) is 3.47. The highest BCUT2D eigenvalue weighted by molar-refractivity contribution is 6.34. The summed E-state index contributed by atoms with van der Waals surface area (Å²) in [5.74, 6) is 0.450. The molecule has 0 radical (unpaired) electrons. The molecule has 0 unspecified atom stereocenters. The number of para-hydroxylation sites is 1. The van der Waals surface area contributed by atoms with Crippen LogP contribution in [0.4, 0.5) is 0 Å². The van der Waals surface area contributed by atoms with E-state index < -0.39 is 7.32 Å². The molecule has 2 aromatic rings. The van der Waals surface area contributed by atoms with E-state index in [1.165, 1.54) is 5.56 Å². The van der Waals surface area contributed by atoms with Crippen molar-refractivity contribution >= 4 is 7.32 Å². The van der Waals surface area contributed by atoms with Crippen LogP contribution in [0, 0.1) is 6.92 Å². The molecular weight excluding hydrogens is 215 g/mol. The van der Waals surface area contributed by atoms with E-state index in [2.05, 4.69) is 0 Å². The molecule has 0 saturated heterocycles.